The van der Waals surface area contributed by atoms with Gasteiger partial charge < -0.3 is 10.4 Å². The van der Waals surface area contributed by atoms with Gasteiger partial charge in [0, 0.05) is 10.9 Å². The van der Waals surface area contributed by atoms with Crippen molar-refractivity contribution < 1.29 is 14.7 Å². The van der Waals surface area contributed by atoms with E-state index in [2.05, 4.69) is 12.2 Å². The Balaban J connectivity index is 2.72. The number of aryl methyl sites for hydroxylation is 2. The van der Waals surface area contributed by atoms with E-state index in [1.54, 1.807) is 0 Å². The Morgan fingerprint density at radius 3 is 2.58 bits per heavy atom. The first-order valence-corrected chi connectivity index (χ1v) is 7.41. The van der Waals surface area contributed by atoms with Crippen LogP contribution in [0.4, 0.5) is 0 Å². The molecule has 0 aliphatic heterocycles. The second-order valence-corrected chi connectivity index (χ2v) is 5.86. The van der Waals surface area contributed by atoms with Crippen molar-refractivity contribution in [3.8, 4) is 0 Å². The molecule has 1 heterocycles. The molecule has 0 aromatic carbocycles. The molecule has 19 heavy (non-hydrogen) atoms. The predicted molar refractivity (Wildman–Crippen MR) is 76.8 cm³/mol. The van der Waals surface area contributed by atoms with Gasteiger partial charge in [-0.3, -0.25) is 9.59 Å². The Bertz CT molecular complexity index is 454. The summed E-state index contributed by atoms with van der Waals surface area (Å²) in [4.78, 5) is 24.7. The lowest BCUT2D eigenvalue weighted by atomic mass is 10.1. The number of hydrogen-bond donors (Lipinski definition) is 2. The predicted octanol–water partition coefficient (Wildman–Crippen LogP) is 2.99. The Labute approximate surface area is 117 Å². The third kappa shape index (κ3) is 4.67. The number of aliphatic carboxylic acids is 1. The van der Waals surface area contributed by atoms with E-state index in [0.717, 1.165) is 17.7 Å². The molecule has 1 aromatic heterocycles. The maximum absolute atomic E-state index is 12.1. The average molecular weight is 283 g/mol. The van der Waals surface area contributed by atoms with Crippen molar-refractivity contribution in [3.63, 3.8) is 0 Å². The zero-order chi connectivity index (χ0) is 14.4. The molecule has 1 aromatic rings. The minimum Gasteiger partial charge on any atom is -0.481 e. The minimum absolute atomic E-state index is 0.0232. The van der Waals surface area contributed by atoms with Crippen LogP contribution in [0.25, 0.3) is 0 Å². The number of carbonyl (C=O) groups is 2. The summed E-state index contributed by atoms with van der Waals surface area (Å²) < 4.78 is 0. The van der Waals surface area contributed by atoms with E-state index in [1.807, 2.05) is 19.9 Å². The van der Waals surface area contributed by atoms with Crippen LogP contribution in [0, 0.1) is 6.92 Å². The summed E-state index contributed by atoms with van der Waals surface area (Å²) in [5.41, 5.74) is 1.18. The number of amides is 1. The van der Waals surface area contributed by atoms with Gasteiger partial charge in [-0.2, -0.15) is 0 Å². The van der Waals surface area contributed by atoms with Crippen molar-refractivity contribution in [1.82, 2.24) is 5.32 Å². The monoisotopic (exact) mass is 283 g/mol. The summed E-state index contributed by atoms with van der Waals surface area (Å²) >= 11 is 1.47. The molecule has 4 nitrogen and oxygen atoms in total. The number of carboxylic acid groups (broad SMARTS) is 1. The van der Waals surface area contributed by atoms with Crippen LogP contribution in [-0.2, 0) is 11.2 Å². The summed E-state index contributed by atoms with van der Waals surface area (Å²) in [6.07, 6.45) is 2.42. The lowest BCUT2D eigenvalue weighted by molar-refractivity contribution is -0.137. The highest BCUT2D eigenvalue weighted by molar-refractivity contribution is 7.14. The third-order valence-corrected chi connectivity index (χ3v) is 4.11. The van der Waals surface area contributed by atoms with Gasteiger partial charge in [0.1, 0.15) is 0 Å². The van der Waals surface area contributed by atoms with Gasteiger partial charge in [-0.15, -0.1) is 11.3 Å². The number of thiophene rings is 1. The number of nitrogens with one attached hydrogen (secondary N) is 1. The fourth-order valence-corrected chi connectivity index (χ4v) is 3.04. The van der Waals surface area contributed by atoms with Crippen LogP contribution in [-0.4, -0.2) is 23.0 Å². The number of carboxylic acids is 1. The van der Waals surface area contributed by atoms with Crippen molar-refractivity contribution >= 4 is 23.2 Å². The van der Waals surface area contributed by atoms with E-state index >= 15 is 0 Å². The van der Waals surface area contributed by atoms with Gasteiger partial charge in [0.05, 0.1) is 11.3 Å². The Morgan fingerprint density at radius 2 is 2.11 bits per heavy atom. The molecule has 1 atom stereocenters. The molecule has 0 bridgehead atoms. The smallest absolute Gasteiger partial charge is 0.305 e. The number of rotatable bonds is 7. The van der Waals surface area contributed by atoms with E-state index in [1.165, 1.54) is 16.9 Å². The van der Waals surface area contributed by atoms with Crippen LogP contribution in [0.5, 0.6) is 0 Å². The van der Waals surface area contributed by atoms with Crippen LogP contribution in [0.15, 0.2) is 6.07 Å². The van der Waals surface area contributed by atoms with E-state index < -0.39 is 5.97 Å². The molecule has 1 rings (SSSR count). The van der Waals surface area contributed by atoms with E-state index in [0.29, 0.717) is 11.3 Å². The van der Waals surface area contributed by atoms with Crippen LogP contribution < -0.4 is 5.32 Å². The van der Waals surface area contributed by atoms with Crippen molar-refractivity contribution in [2.75, 3.05) is 0 Å². The highest BCUT2D eigenvalue weighted by Crippen LogP contribution is 2.22. The van der Waals surface area contributed by atoms with Gasteiger partial charge in [0.25, 0.3) is 5.91 Å². The van der Waals surface area contributed by atoms with E-state index in [-0.39, 0.29) is 18.4 Å². The molecule has 0 radical (unpaired) electrons. The topological polar surface area (TPSA) is 66.4 Å². The Kier molecular flexibility index (Phi) is 6.02. The molecule has 0 saturated heterocycles. The maximum Gasteiger partial charge on any atom is 0.305 e. The molecule has 0 aliphatic rings. The quantitative estimate of drug-likeness (QED) is 0.808. The van der Waals surface area contributed by atoms with Crippen LogP contribution >= 0.6 is 11.3 Å². The fraction of sp³-hybridized carbons (Fsp3) is 0.571. The molecular formula is C14H21NO3S. The summed E-state index contributed by atoms with van der Waals surface area (Å²) in [6, 6.07) is 1.61. The standard InChI is InChI=1S/C14H21NO3S/c1-4-6-11(8-13(16)17)15-14(18)12-7-10(5-2)9(3)19-12/h7,11H,4-6,8H2,1-3H3,(H,15,18)(H,16,17). The van der Waals surface area contributed by atoms with Gasteiger partial charge in [-0.1, -0.05) is 20.3 Å². The lowest BCUT2D eigenvalue weighted by Gasteiger charge is -2.15. The summed E-state index contributed by atoms with van der Waals surface area (Å²) in [5.74, 6) is -1.04. The first-order valence-electron chi connectivity index (χ1n) is 6.59. The lowest BCUT2D eigenvalue weighted by Crippen LogP contribution is -2.36. The van der Waals surface area contributed by atoms with E-state index in [9.17, 15) is 9.59 Å². The maximum atomic E-state index is 12.1. The molecule has 0 saturated carbocycles. The molecule has 1 unspecified atom stereocenters. The van der Waals surface area contributed by atoms with Crippen molar-refractivity contribution in [3.05, 3.63) is 21.4 Å². The summed E-state index contributed by atoms with van der Waals surface area (Å²) in [6.45, 7) is 6.04. The molecular weight excluding hydrogens is 262 g/mol. The number of hydrogen-bond acceptors (Lipinski definition) is 3. The normalized spacial score (nSPS) is 12.2. The first kappa shape index (κ1) is 15.7. The van der Waals surface area contributed by atoms with Crippen molar-refractivity contribution in [2.24, 2.45) is 0 Å². The largest absolute Gasteiger partial charge is 0.481 e. The highest BCUT2D eigenvalue weighted by atomic mass is 32.1. The molecule has 106 valence electrons. The first-order chi connectivity index (χ1) is 8.97. The third-order valence-electron chi connectivity index (χ3n) is 3.02. The van der Waals surface area contributed by atoms with Crippen LogP contribution in [0.3, 0.4) is 0 Å². The zero-order valence-electron chi connectivity index (χ0n) is 11.7. The van der Waals surface area contributed by atoms with Gasteiger partial charge in [-0.25, -0.2) is 0 Å². The number of carbonyl (C=O) groups excluding carboxylic acids is 1. The zero-order valence-corrected chi connectivity index (χ0v) is 12.5. The molecule has 2 N–H and O–H groups in total. The summed E-state index contributed by atoms with van der Waals surface area (Å²) in [7, 11) is 0. The SMILES string of the molecule is CCCC(CC(=O)O)NC(=O)c1cc(CC)c(C)s1. The van der Waals surface area contributed by atoms with Gasteiger partial charge in [-0.05, 0) is 31.4 Å². The molecule has 0 spiro atoms. The fourth-order valence-electron chi connectivity index (χ4n) is 2.02. The van der Waals surface area contributed by atoms with Gasteiger partial charge in [0.2, 0.25) is 0 Å². The summed E-state index contributed by atoms with van der Waals surface area (Å²) in [5, 5.41) is 11.7. The van der Waals surface area contributed by atoms with Crippen molar-refractivity contribution in [2.45, 2.75) is 52.5 Å². The Morgan fingerprint density at radius 1 is 1.42 bits per heavy atom. The van der Waals surface area contributed by atoms with Gasteiger partial charge in [0.15, 0.2) is 0 Å². The van der Waals surface area contributed by atoms with Gasteiger partial charge >= 0.3 is 5.97 Å². The van der Waals surface area contributed by atoms with Crippen LogP contribution in [0.2, 0.25) is 0 Å². The van der Waals surface area contributed by atoms with E-state index in [4.69, 9.17) is 5.11 Å². The minimum atomic E-state index is -0.879. The molecule has 0 fully saturated rings. The second-order valence-electron chi connectivity index (χ2n) is 4.60. The average Bonchev–Trinajstić information content (AvgIpc) is 2.70. The molecule has 0 aliphatic carbocycles. The molecule has 1 amide bonds. The highest BCUT2D eigenvalue weighted by Gasteiger charge is 2.18. The van der Waals surface area contributed by atoms with Crippen molar-refractivity contribution in [1.29, 1.82) is 0 Å². The molecule has 5 heteroatoms. The Hall–Kier alpha value is -1.36. The van der Waals surface area contributed by atoms with Crippen LogP contribution in [0.1, 0.15) is 53.2 Å². The second kappa shape index (κ2) is 7.28.